The summed E-state index contributed by atoms with van der Waals surface area (Å²) in [6.07, 6.45) is 16.0. The zero-order chi connectivity index (χ0) is 24.2. The summed E-state index contributed by atoms with van der Waals surface area (Å²) in [5.41, 5.74) is -0.280. The highest BCUT2D eigenvalue weighted by molar-refractivity contribution is 5.65. The monoisotopic (exact) mass is 476 g/mol. The number of benzene rings is 2. The van der Waals surface area contributed by atoms with Gasteiger partial charge < -0.3 is 0 Å². The van der Waals surface area contributed by atoms with Crippen molar-refractivity contribution in [3.63, 3.8) is 0 Å². The normalized spacial score (nSPS) is 25.7. The van der Waals surface area contributed by atoms with E-state index in [0.29, 0.717) is 23.6 Å². The van der Waals surface area contributed by atoms with Crippen LogP contribution < -0.4 is 0 Å². The Bertz CT molecular complexity index is 965. The molecule has 0 spiro atoms. The number of allylic oxidation sites excluding steroid dienone is 2. The number of hydrogen-bond donors (Lipinski definition) is 0. The lowest BCUT2D eigenvalue weighted by molar-refractivity contribution is 0.157. The number of rotatable bonds is 6. The van der Waals surface area contributed by atoms with Gasteiger partial charge in [-0.2, -0.15) is 0 Å². The molecule has 184 valence electrons. The minimum Gasteiger partial charge on any atom is -0.206 e. The molecule has 0 bridgehead atoms. The van der Waals surface area contributed by atoms with Crippen LogP contribution in [0.4, 0.5) is 22.0 Å². The Labute approximate surface area is 199 Å². The summed E-state index contributed by atoms with van der Waals surface area (Å²) in [6, 6.07) is 3.80. The highest BCUT2D eigenvalue weighted by atomic mass is 19.2. The molecule has 0 aliphatic heterocycles. The van der Waals surface area contributed by atoms with Gasteiger partial charge >= 0.3 is 0 Å². The van der Waals surface area contributed by atoms with E-state index in [0.717, 1.165) is 37.5 Å². The largest absolute Gasteiger partial charge is 0.206 e. The Morgan fingerprint density at radius 3 is 1.76 bits per heavy atom. The fourth-order valence-electron chi connectivity index (χ4n) is 6.17. The van der Waals surface area contributed by atoms with Crippen LogP contribution in [-0.2, 0) is 0 Å². The quantitative estimate of drug-likeness (QED) is 0.221. The van der Waals surface area contributed by atoms with Gasteiger partial charge in [0.25, 0.3) is 0 Å². The third kappa shape index (κ3) is 5.55. The molecule has 2 aromatic carbocycles. The van der Waals surface area contributed by atoms with Crippen molar-refractivity contribution in [1.29, 1.82) is 0 Å². The van der Waals surface area contributed by atoms with E-state index in [1.54, 1.807) is 0 Å². The average molecular weight is 477 g/mol. The molecule has 2 aliphatic rings. The molecular formula is C29H33F5. The Kier molecular flexibility index (Phi) is 8.10. The second-order valence-electron chi connectivity index (χ2n) is 10.2. The van der Waals surface area contributed by atoms with Gasteiger partial charge in [-0.3, -0.25) is 0 Å². The number of hydrogen-bond acceptors (Lipinski definition) is 0. The standard InChI is InChI=1S/C29H33F5/c1-2-3-4-5-18-6-8-19(9-7-18)20-10-12-21(13-11-20)22-14-24(30)28(25(31)15-22)23-16-26(32)29(34)27(33)17-23/h2-3,14-21H,4-13H2,1H3. The first-order valence-electron chi connectivity index (χ1n) is 12.6. The molecule has 0 radical (unpaired) electrons. The van der Waals surface area contributed by atoms with Crippen molar-refractivity contribution in [2.75, 3.05) is 0 Å². The summed E-state index contributed by atoms with van der Waals surface area (Å²) in [5.74, 6) is -3.97. The van der Waals surface area contributed by atoms with Gasteiger partial charge in [0.1, 0.15) is 11.6 Å². The predicted molar refractivity (Wildman–Crippen MR) is 126 cm³/mol. The van der Waals surface area contributed by atoms with Crippen molar-refractivity contribution >= 4 is 0 Å². The van der Waals surface area contributed by atoms with Crippen molar-refractivity contribution in [2.45, 2.75) is 77.0 Å². The minimum atomic E-state index is -1.65. The first kappa shape index (κ1) is 24.9. The Morgan fingerprint density at radius 2 is 1.24 bits per heavy atom. The summed E-state index contributed by atoms with van der Waals surface area (Å²) < 4.78 is 70.1. The zero-order valence-electron chi connectivity index (χ0n) is 19.7. The lowest BCUT2D eigenvalue weighted by Gasteiger charge is -2.38. The van der Waals surface area contributed by atoms with Crippen LogP contribution in [0.15, 0.2) is 36.4 Å². The van der Waals surface area contributed by atoms with Crippen LogP contribution in [0, 0.1) is 46.8 Å². The van der Waals surface area contributed by atoms with E-state index in [1.165, 1.54) is 50.7 Å². The fraction of sp³-hybridized carbons (Fsp3) is 0.517. The summed E-state index contributed by atoms with van der Waals surface area (Å²) in [5, 5.41) is 0. The molecular weight excluding hydrogens is 443 g/mol. The molecule has 2 saturated carbocycles. The summed E-state index contributed by atoms with van der Waals surface area (Å²) in [7, 11) is 0. The van der Waals surface area contributed by atoms with Gasteiger partial charge in [-0.25, -0.2) is 22.0 Å². The lowest BCUT2D eigenvalue weighted by Crippen LogP contribution is -2.25. The summed E-state index contributed by atoms with van der Waals surface area (Å²) in [6.45, 7) is 2.07. The van der Waals surface area contributed by atoms with Crippen LogP contribution in [0.25, 0.3) is 11.1 Å². The zero-order valence-corrected chi connectivity index (χ0v) is 19.7. The SMILES string of the molecule is CC=CCCC1CCC(C2CCC(c3cc(F)c(-c4cc(F)c(F)c(F)c4)c(F)c3)CC2)CC1. The topological polar surface area (TPSA) is 0 Å². The van der Waals surface area contributed by atoms with Crippen LogP contribution in [0.1, 0.15) is 82.6 Å². The summed E-state index contributed by atoms with van der Waals surface area (Å²) in [4.78, 5) is 0. The lowest BCUT2D eigenvalue weighted by atomic mass is 9.68. The first-order valence-corrected chi connectivity index (χ1v) is 12.6. The molecule has 0 saturated heterocycles. The number of halogens is 5. The highest BCUT2D eigenvalue weighted by Gasteiger charge is 2.31. The van der Waals surface area contributed by atoms with Crippen LogP contribution >= 0.6 is 0 Å². The average Bonchev–Trinajstić information content (AvgIpc) is 2.83. The smallest absolute Gasteiger partial charge is 0.194 e. The van der Waals surface area contributed by atoms with Gasteiger partial charge in [-0.15, -0.1) is 0 Å². The van der Waals surface area contributed by atoms with Crippen LogP contribution in [0.2, 0.25) is 0 Å². The molecule has 4 rings (SSSR count). The molecule has 0 atom stereocenters. The van der Waals surface area contributed by atoms with Crippen molar-refractivity contribution in [3.05, 3.63) is 71.1 Å². The van der Waals surface area contributed by atoms with E-state index in [4.69, 9.17) is 0 Å². The van der Waals surface area contributed by atoms with Crippen molar-refractivity contribution in [3.8, 4) is 11.1 Å². The Morgan fingerprint density at radius 1 is 0.706 bits per heavy atom. The minimum absolute atomic E-state index is 0.0770. The van der Waals surface area contributed by atoms with Crippen LogP contribution in [0.5, 0.6) is 0 Å². The van der Waals surface area contributed by atoms with E-state index in [1.807, 2.05) is 0 Å². The van der Waals surface area contributed by atoms with E-state index in [-0.39, 0.29) is 11.5 Å². The van der Waals surface area contributed by atoms with Gasteiger partial charge in [0, 0.05) is 0 Å². The van der Waals surface area contributed by atoms with Crippen molar-refractivity contribution in [2.24, 2.45) is 17.8 Å². The molecule has 2 aliphatic carbocycles. The maximum atomic E-state index is 14.8. The first-order chi connectivity index (χ1) is 16.4. The predicted octanol–water partition coefficient (Wildman–Crippen LogP) is 9.49. The molecule has 34 heavy (non-hydrogen) atoms. The second kappa shape index (κ2) is 11.0. The molecule has 0 aromatic heterocycles. The van der Waals surface area contributed by atoms with Gasteiger partial charge in [-0.1, -0.05) is 25.0 Å². The molecule has 2 aromatic rings. The third-order valence-corrected chi connectivity index (χ3v) is 8.12. The van der Waals surface area contributed by atoms with Crippen molar-refractivity contribution in [1.82, 2.24) is 0 Å². The van der Waals surface area contributed by atoms with E-state index >= 15 is 0 Å². The summed E-state index contributed by atoms with van der Waals surface area (Å²) >= 11 is 0. The molecule has 0 heterocycles. The Hall–Kier alpha value is -2.17. The Balaban J connectivity index is 1.37. The maximum Gasteiger partial charge on any atom is 0.194 e. The maximum absolute atomic E-state index is 14.8. The van der Waals surface area contributed by atoms with E-state index in [2.05, 4.69) is 19.1 Å². The molecule has 0 nitrogen and oxygen atoms in total. The van der Waals surface area contributed by atoms with E-state index < -0.39 is 34.6 Å². The van der Waals surface area contributed by atoms with Gasteiger partial charge in [0.2, 0.25) is 0 Å². The van der Waals surface area contributed by atoms with Crippen LogP contribution in [0.3, 0.4) is 0 Å². The molecule has 0 unspecified atom stereocenters. The van der Waals surface area contributed by atoms with Gasteiger partial charge in [0.15, 0.2) is 17.5 Å². The third-order valence-electron chi connectivity index (χ3n) is 8.12. The fourth-order valence-corrected chi connectivity index (χ4v) is 6.17. The highest BCUT2D eigenvalue weighted by Crippen LogP contribution is 2.45. The van der Waals surface area contributed by atoms with Crippen molar-refractivity contribution < 1.29 is 22.0 Å². The van der Waals surface area contributed by atoms with Crippen LogP contribution in [-0.4, -0.2) is 0 Å². The molecule has 0 N–H and O–H groups in total. The molecule has 0 amide bonds. The second-order valence-corrected chi connectivity index (χ2v) is 10.2. The molecule has 5 heteroatoms. The van der Waals surface area contributed by atoms with Gasteiger partial charge in [-0.05, 0) is 117 Å². The van der Waals surface area contributed by atoms with E-state index in [9.17, 15) is 22.0 Å². The van der Waals surface area contributed by atoms with Gasteiger partial charge in [0.05, 0.1) is 5.56 Å². The molecule has 2 fully saturated rings.